The SMILES string of the molecule is Cn1c(SCc2ccc(C(C)(C)C)cc2)nnc1C1CCCN1S(=O)(=O)c1ccc(Br)cc1. The molecule has 0 bridgehead atoms. The van der Waals surface area contributed by atoms with Gasteiger partial charge in [-0.25, -0.2) is 8.42 Å². The zero-order chi connectivity index (χ0) is 23.8. The predicted octanol–water partition coefficient (Wildman–Crippen LogP) is 5.69. The van der Waals surface area contributed by atoms with E-state index >= 15 is 0 Å². The second-order valence-corrected chi connectivity index (χ2v) is 13.1. The van der Waals surface area contributed by atoms with Crippen molar-refractivity contribution in [1.29, 1.82) is 0 Å². The van der Waals surface area contributed by atoms with Gasteiger partial charge in [0.05, 0.1) is 10.9 Å². The molecule has 0 spiro atoms. The Bertz CT molecular complexity index is 1220. The standard InChI is InChI=1S/C24H29BrN4O2S2/c1-24(2,3)18-9-7-17(8-10-18)16-32-23-27-26-22(28(23)4)21-6-5-15-29(21)33(30,31)20-13-11-19(25)12-14-20/h7-14,21H,5-6,15-16H2,1-4H3. The lowest BCUT2D eigenvalue weighted by Gasteiger charge is -2.23. The Morgan fingerprint density at radius 1 is 1.06 bits per heavy atom. The first-order valence-electron chi connectivity index (χ1n) is 11.0. The molecule has 1 fully saturated rings. The van der Waals surface area contributed by atoms with E-state index < -0.39 is 10.0 Å². The zero-order valence-electron chi connectivity index (χ0n) is 19.3. The van der Waals surface area contributed by atoms with E-state index in [9.17, 15) is 8.42 Å². The van der Waals surface area contributed by atoms with Gasteiger partial charge in [0.1, 0.15) is 0 Å². The molecule has 2 heterocycles. The van der Waals surface area contributed by atoms with Gasteiger partial charge in [0.25, 0.3) is 0 Å². The number of hydrogen-bond donors (Lipinski definition) is 0. The highest BCUT2D eigenvalue weighted by molar-refractivity contribution is 9.10. The van der Waals surface area contributed by atoms with Crippen LogP contribution in [0.4, 0.5) is 0 Å². The molecule has 176 valence electrons. The van der Waals surface area contributed by atoms with Crippen LogP contribution in [0, 0.1) is 0 Å². The van der Waals surface area contributed by atoms with Gasteiger partial charge in [0.15, 0.2) is 11.0 Å². The number of thioether (sulfide) groups is 1. The Labute approximate surface area is 209 Å². The molecule has 0 amide bonds. The van der Waals surface area contributed by atoms with E-state index in [1.807, 2.05) is 11.6 Å². The van der Waals surface area contributed by atoms with Crippen LogP contribution in [-0.4, -0.2) is 34.0 Å². The molecular weight excluding hydrogens is 520 g/mol. The van der Waals surface area contributed by atoms with Crippen molar-refractivity contribution < 1.29 is 8.42 Å². The van der Waals surface area contributed by atoms with Gasteiger partial charge in [-0.05, 0) is 53.6 Å². The van der Waals surface area contributed by atoms with Crippen LogP contribution < -0.4 is 0 Å². The number of aromatic nitrogens is 3. The van der Waals surface area contributed by atoms with Crippen LogP contribution >= 0.6 is 27.7 Å². The summed E-state index contributed by atoms with van der Waals surface area (Å²) in [5, 5.41) is 9.58. The van der Waals surface area contributed by atoms with Crippen molar-refractivity contribution in [2.24, 2.45) is 7.05 Å². The maximum Gasteiger partial charge on any atom is 0.243 e. The molecule has 1 saturated heterocycles. The van der Waals surface area contributed by atoms with Gasteiger partial charge in [-0.1, -0.05) is 72.7 Å². The fraction of sp³-hybridized carbons (Fsp3) is 0.417. The van der Waals surface area contributed by atoms with Crippen molar-refractivity contribution >= 4 is 37.7 Å². The number of sulfonamides is 1. The summed E-state index contributed by atoms with van der Waals surface area (Å²) in [5.41, 5.74) is 2.66. The van der Waals surface area contributed by atoms with Crippen molar-refractivity contribution in [2.45, 2.75) is 60.9 Å². The number of halogens is 1. The molecule has 1 aliphatic rings. The third-order valence-corrected chi connectivity index (χ3v) is 9.52. The predicted molar refractivity (Wildman–Crippen MR) is 136 cm³/mol. The average molecular weight is 550 g/mol. The van der Waals surface area contributed by atoms with E-state index in [4.69, 9.17) is 0 Å². The highest BCUT2D eigenvalue weighted by Crippen LogP contribution is 2.37. The van der Waals surface area contributed by atoms with E-state index in [1.54, 1.807) is 40.3 Å². The molecule has 1 aromatic heterocycles. The first-order valence-corrected chi connectivity index (χ1v) is 14.2. The second kappa shape index (κ2) is 9.52. The van der Waals surface area contributed by atoms with Gasteiger partial charge in [-0.3, -0.25) is 0 Å². The van der Waals surface area contributed by atoms with Crippen molar-refractivity contribution in [2.75, 3.05) is 6.54 Å². The molecule has 0 radical (unpaired) electrons. The summed E-state index contributed by atoms with van der Waals surface area (Å²) in [6.07, 6.45) is 1.54. The molecule has 3 aromatic rings. The Morgan fingerprint density at radius 3 is 2.36 bits per heavy atom. The van der Waals surface area contributed by atoms with Crippen LogP contribution in [0.15, 0.2) is 63.1 Å². The molecule has 0 N–H and O–H groups in total. The van der Waals surface area contributed by atoms with Crippen LogP contribution in [-0.2, 0) is 28.2 Å². The topological polar surface area (TPSA) is 68.1 Å². The minimum Gasteiger partial charge on any atom is -0.308 e. The van der Waals surface area contributed by atoms with E-state index in [0.29, 0.717) is 17.3 Å². The molecule has 2 aromatic carbocycles. The van der Waals surface area contributed by atoms with Crippen molar-refractivity contribution in [1.82, 2.24) is 19.1 Å². The Morgan fingerprint density at radius 2 is 1.73 bits per heavy atom. The Hall–Kier alpha value is -1.68. The third kappa shape index (κ3) is 5.21. The normalized spacial score (nSPS) is 17.5. The minimum atomic E-state index is -3.61. The third-order valence-electron chi connectivity index (χ3n) is 5.98. The fourth-order valence-electron chi connectivity index (χ4n) is 4.02. The molecule has 1 atom stereocenters. The lowest BCUT2D eigenvalue weighted by Crippen LogP contribution is -2.32. The van der Waals surface area contributed by atoms with Crippen molar-refractivity contribution in [3.05, 3.63) is 70.0 Å². The number of nitrogens with zero attached hydrogens (tertiary/aromatic N) is 4. The average Bonchev–Trinajstić information content (AvgIpc) is 3.39. The Balaban J connectivity index is 1.50. The highest BCUT2D eigenvalue weighted by Gasteiger charge is 2.39. The van der Waals surface area contributed by atoms with Crippen LogP contribution in [0.25, 0.3) is 0 Å². The minimum absolute atomic E-state index is 0.133. The lowest BCUT2D eigenvalue weighted by molar-refractivity contribution is 0.375. The monoisotopic (exact) mass is 548 g/mol. The largest absolute Gasteiger partial charge is 0.308 e. The van der Waals surface area contributed by atoms with Crippen LogP contribution in [0.5, 0.6) is 0 Å². The molecule has 4 rings (SSSR count). The zero-order valence-corrected chi connectivity index (χ0v) is 22.5. The molecule has 1 aliphatic heterocycles. The molecule has 9 heteroatoms. The summed E-state index contributed by atoms with van der Waals surface area (Å²) in [7, 11) is -1.69. The van der Waals surface area contributed by atoms with Gasteiger partial charge in [-0.15, -0.1) is 10.2 Å². The van der Waals surface area contributed by atoms with Crippen molar-refractivity contribution in [3.63, 3.8) is 0 Å². The van der Waals surface area contributed by atoms with Crippen molar-refractivity contribution in [3.8, 4) is 0 Å². The number of hydrogen-bond acceptors (Lipinski definition) is 5. The van der Waals surface area contributed by atoms with Gasteiger partial charge < -0.3 is 4.57 Å². The second-order valence-electron chi connectivity index (χ2n) is 9.36. The van der Waals surface area contributed by atoms with E-state index in [0.717, 1.165) is 28.2 Å². The Kier molecular flexibility index (Phi) is 7.05. The smallest absolute Gasteiger partial charge is 0.243 e. The van der Waals surface area contributed by atoms with Gasteiger partial charge in [0.2, 0.25) is 10.0 Å². The maximum absolute atomic E-state index is 13.3. The van der Waals surface area contributed by atoms with Crippen LogP contribution in [0.2, 0.25) is 0 Å². The fourth-order valence-corrected chi connectivity index (χ4v) is 6.81. The summed E-state index contributed by atoms with van der Waals surface area (Å²) < 4.78 is 31.0. The number of rotatable bonds is 6. The summed E-state index contributed by atoms with van der Waals surface area (Å²) in [6, 6.07) is 15.2. The van der Waals surface area contributed by atoms with E-state index in [1.165, 1.54) is 11.1 Å². The summed E-state index contributed by atoms with van der Waals surface area (Å²) >= 11 is 4.98. The van der Waals surface area contributed by atoms with E-state index in [-0.39, 0.29) is 11.5 Å². The summed E-state index contributed by atoms with van der Waals surface area (Å²) in [4.78, 5) is 0.299. The summed E-state index contributed by atoms with van der Waals surface area (Å²) in [6.45, 7) is 7.11. The first kappa shape index (κ1) is 24.4. The first-order chi connectivity index (χ1) is 15.6. The highest BCUT2D eigenvalue weighted by atomic mass is 79.9. The maximum atomic E-state index is 13.3. The molecule has 6 nitrogen and oxygen atoms in total. The lowest BCUT2D eigenvalue weighted by atomic mass is 9.87. The summed E-state index contributed by atoms with van der Waals surface area (Å²) in [5.74, 6) is 1.47. The molecule has 0 aliphatic carbocycles. The molecular formula is C24H29BrN4O2S2. The molecule has 0 saturated carbocycles. The molecule has 33 heavy (non-hydrogen) atoms. The van der Waals surface area contributed by atoms with E-state index in [2.05, 4.69) is 71.2 Å². The van der Waals surface area contributed by atoms with Gasteiger partial charge in [0, 0.05) is 23.8 Å². The molecule has 1 unspecified atom stereocenters. The quantitative estimate of drug-likeness (QED) is 0.370. The van der Waals surface area contributed by atoms with Crippen LogP contribution in [0.3, 0.4) is 0 Å². The number of benzene rings is 2. The van der Waals surface area contributed by atoms with Gasteiger partial charge in [-0.2, -0.15) is 4.31 Å². The van der Waals surface area contributed by atoms with Crippen LogP contribution in [0.1, 0.15) is 56.6 Å². The van der Waals surface area contributed by atoms with Gasteiger partial charge >= 0.3 is 0 Å².